The molecule has 0 bridgehead atoms. The van der Waals surface area contributed by atoms with Crippen LogP contribution in [0.5, 0.6) is 11.5 Å². The van der Waals surface area contributed by atoms with Gasteiger partial charge in [-0.15, -0.1) is 0 Å². The first kappa shape index (κ1) is 34.1. The minimum absolute atomic E-state index is 0.478. The van der Waals surface area contributed by atoms with Gasteiger partial charge in [0.25, 0.3) is 0 Å². The molecule has 0 aliphatic rings. The Labute approximate surface area is 290 Å². The minimum atomic E-state index is 0.478. The van der Waals surface area contributed by atoms with Crippen molar-refractivity contribution >= 4 is 46.5 Å². The van der Waals surface area contributed by atoms with Crippen LogP contribution in [0.2, 0.25) is 10.0 Å². The van der Waals surface area contributed by atoms with Crippen LogP contribution in [-0.2, 0) is 0 Å². The summed E-state index contributed by atoms with van der Waals surface area (Å²) in [6, 6.07) is 41.0. The average Bonchev–Trinajstić information content (AvgIpc) is 3.11. The Morgan fingerprint density at radius 1 is 0.617 bits per heavy atom. The van der Waals surface area contributed by atoms with Crippen molar-refractivity contribution in [1.29, 1.82) is 0 Å². The number of halogens is 2. The highest BCUT2D eigenvalue weighted by atomic mass is 35.5. The van der Waals surface area contributed by atoms with Crippen molar-refractivity contribution in [3.8, 4) is 11.5 Å². The molecule has 0 aromatic heterocycles. The van der Waals surface area contributed by atoms with E-state index in [9.17, 15) is 0 Å². The second-order valence-corrected chi connectivity index (χ2v) is 12.6. The summed E-state index contributed by atoms with van der Waals surface area (Å²) in [5.74, 6) is 2.05. The topological polar surface area (TPSA) is 18.5 Å². The molecule has 0 radical (unpaired) electrons. The van der Waals surface area contributed by atoms with Gasteiger partial charge in [-0.1, -0.05) is 141 Å². The fraction of sp³-hybridized carbons (Fsp3) is 0.209. The molecule has 0 saturated carbocycles. The monoisotopic (exact) mass is 660 g/mol. The van der Waals surface area contributed by atoms with Crippen molar-refractivity contribution in [2.24, 2.45) is 5.92 Å². The maximum atomic E-state index is 6.76. The predicted octanol–water partition coefficient (Wildman–Crippen LogP) is 12.8. The highest BCUT2D eigenvalue weighted by molar-refractivity contribution is 6.31. The molecule has 47 heavy (non-hydrogen) atoms. The summed E-state index contributed by atoms with van der Waals surface area (Å²) < 4.78 is 12.8. The number of methoxy groups -OCH3 is 1. The Kier molecular flexibility index (Phi) is 12.4. The van der Waals surface area contributed by atoms with E-state index in [1.54, 1.807) is 7.11 Å². The van der Waals surface area contributed by atoms with E-state index in [0.29, 0.717) is 22.6 Å². The van der Waals surface area contributed by atoms with Crippen LogP contribution in [0, 0.1) is 5.92 Å². The number of ether oxygens (including phenoxy) is 2. The van der Waals surface area contributed by atoms with Crippen LogP contribution < -0.4 is 9.47 Å². The van der Waals surface area contributed by atoms with Crippen molar-refractivity contribution in [2.45, 2.75) is 39.5 Å². The molecule has 2 nitrogen and oxygen atoms in total. The first-order valence-corrected chi connectivity index (χ1v) is 17.2. The van der Waals surface area contributed by atoms with Crippen LogP contribution in [0.3, 0.4) is 0 Å². The van der Waals surface area contributed by atoms with Gasteiger partial charge in [-0.05, 0) is 94.3 Å². The van der Waals surface area contributed by atoms with Crippen molar-refractivity contribution < 1.29 is 9.47 Å². The summed E-state index contributed by atoms with van der Waals surface area (Å²) in [5, 5.41) is 1.41. The first-order valence-electron chi connectivity index (χ1n) is 16.4. The number of rotatable bonds is 14. The third-order valence-corrected chi connectivity index (χ3v) is 8.96. The number of benzene rings is 5. The molecule has 0 amide bonds. The molecule has 240 valence electrons. The van der Waals surface area contributed by atoms with Gasteiger partial charge >= 0.3 is 0 Å². The lowest BCUT2D eigenvalue weighted by molar-refractivity contribution is 0.232. The smallest absolute Gasteiger partial charge is 0.127 e. The summed E-state index contributed by atoms with van der Waals surface area (Å²) in [4.78, 5) is 0. The van der Waals surface area contributed by atoms with Gasteiger partial charge in [0, 0.05) is 21.2 Å². The van der Waals surface area contributed by atoms with Gasteiger partial charge in [0.15, 0.2) is 0 Å². The maximum absolute atomic E-state index is 6.76. The zero-order valence-corrected chi connectivity index (χ0v) is 28.9. The Bertz CT molecular complexity index is 1770. The van der Waals surface area contributed by atoms with E-state index in [1.165, 1.54) is 12.8 Å². The summed E-state index contributed by atoms with van der Waals surface area (Å²) >= 11 is 12.6. The molecule has 5 rings (SSSR count). The number of hydrogen-bond acceptors (Lipinski definition) is 2. The number of hydrogen-bond donors (Lipinski definition) is 0. The predicted molar refractivity (Wildman–Crippen MR) is 202 cm³/mol. The molecule has 0 spiro atoms. The lowest BCUT2D eigenvalue weighted by Gasteiger charge is -2.20. The minimum Gasteiger partial charge on any atom is -0.496 e. The van der Waals surface area contributed by atoms with Gasteiger partial charge in [-0.3, -0.25) is 0 Å². The van der Waals surface area contributed by atoms with Crippen molar-refractivity contribution in [3.05, 3.63) is 165 Å². The van der Waals surface area contributed by atoms with Crippen molar-refractivity contribution in [2.75, 3.05) is 13.7 Å². The molecule has 0 aliphatic carbocycles. The zero-order valence-electron chi connectivity index (χ0n) is 27.4. The first-order chi connectivity index (χ1) is 23.0. The van der Waals surface area contributed by atoms with E-state index < -0.39 is 0 Å². The molecule has 0 N–H and O–H groups in total. The Hall–Kier alpha value is -4.24. The maximum Gasteiger partial charge on any atom is 0.127 e. The molecule has 4 heteroatoms. The fourth-order valence-electron chi connectivity index (χ4n) is 5.70. The molecule has 0 aliphatic heterocycles. The fourth-order valence-corrected chi connectivity index (χ4v) is 5.95. The van der Waals surface area contributed by atoms with E-state index in [1.807, 2.05) is 36.4 Å². The summed E-state index contributed by atoms with van der Waals surface area (Å²) in [6.07, 6.45) is 8.98. The van der Waals surface area contributed by atoms with E-state index in [2.05, 4.69) is 111 Å². The molecule has 1 atom stereocenters. The molecule has 0 heterocycles. The molecular formula is C43H42Cl2O2. The second kappa shape index (κ2) is 17.1. The van der Waals surface area contributed by atoms with Crippen LogP contribution in [-0.4, -0.2) is 13.7 Å². The molecule has 0 saturated heterocycles. The van der Waals surface area contributed by atoms with Gasteiger partial charge in [0.2, 0.25) is 0 Å². The number of unbranched alkanes of at least 4 members (excludes halogenated alkanes) is 1. The highest BCUT2D eigenvalue weighted by Gasteiger charge is 2.16. The molecular weight excluding hydrogens is 619 g/mol. The summed E-state index contributed by atoms with van der Waals surface area (Å²) in [6.45, 7) is 5.14. The normalized spacial score (nSPS) is 12.5. The second-order valence-electron chi connectivity index (χ2n) is 11.7. The van der Waals surface area contributed by atoms with E-state index in [-0.39, 0.29) is 0 Å². The van der Waals surface area contributed by atoms with Crippen molar-refractivity contribution in [1.82, 2.24) is 0 Å². The standard InChI is InChI=1S/C43H42Cl2O2/c1-4-6-13-31(5-2)30-47-43-29-36(26-40(32-14-9-7-10-15-32)34-18-22-38(44)23-19-34)42(46-3)28-37(43)27-41(33-16-11-8-12-17-33)35-20-24-39(45)25-21-35/h7-12,14-29,31H,4-6,13,30H2,1-3H3/b40-26+,41-27+. The zero-order chi connectivity index (χ0) is 33.0. The van der Waals surface area contributed by atoms with Crippen LogP contribution in [0.4, 0.5) is 0 Å². The third-order valence-electron chi connectivity index (χ3n) is 8.46. The van der Waals surface area contributed by atoms with Gasteiger partial charge in [-0.2, -0.15) is 0 Å². The SMILES string of the molecule is CCCCC(CC)COc1cc(/C=C(\c2ccccc2)c2ccc(Cl)cc2)c(OC)cc1/C=C(\c1ccccc1)c1ccc(Cl)cc1. The van der Waals surface area contributed by atoms with Crippen LogP contribution in [0.1, 0.15) is 72.9 Å². The van der Waals surface area contributed by atoms with E-state index in [4.69, 9.17) is 32.7 Å². The quantitative estimate of drug-likeness (QED) is 0.110. The van der Waals surface area contributed by atoms with Crippen LogP contribution in [0.25, 0.3) is 23.3 Å². The van der Waals surface area contributed by atoms with Gasteiger partial charge in [-0.25, -0.2) is 0 Å². The van der Waals surface area contributed by atoms with Crippen LogP contribution in [0.15, 0.2) is 121 Å². The van der Waals surface area contributed by atoms with E-state index >= 15 is 0 Å². The highest BCUT2D eigenvalue weighted by Crippen LogP contribution is 2.38. The molecule has 5 aromatic rings. The Balaban J connectivity index is 1.69. The van der Waals surface area contributed by atoms with Gasteiger partial charge in [0.05, 0.1) is 13.7 Å². The van der Waals surface area contributed by atoms with Crippen LogP contribution >= 0.6 is 23.2 Å². The molecule has 1 unspecified atom stereocenters. The average molecular weight is 662 g/mol. The van der Waals surface area contributed by atoms with Gasteiger partial charge < -0.3 is 9.47 Å². The summed E-state index contributed by atoms with van der Waals surface area (Å²) in [5.41, 5.74) is 8.35. The lowest BCUT2D eigenvalue weighted by Crippen LogP contribution is -2.12. The van der Waals surface area contributed by atoms with Crippen molar-refractivity contribution in [3.63, 3.8) is 0 Å². The third kappa shape index (κ3) is 9.19. The van der Waals surface area contributed by atoms with Gasteiger partial charge in [0.1, 0.15) is 11.5 Å². The Morgan fingerprint density at radius 2 is 1.06 bits per heavy atom. The Morgan fingerprint density at radius 3 is 1.51 bits per heavy atom. The summed E-state index contributed by atoms with van der Waals surface area (Å²) in [7, 11) is 1.72. The lowest BCUT2D eigenvalue weighted by atomic mass is 9.93. The largest absolute Gasteiger partial charge is 0.496 e. The molecule has 5 aromatic carbocycles. The molecule has 0 fully saturated rings. The van der Waals surface area contributed by atoms with E-state index in [0.717, 1.165) is 68.9 Å².